The van der Waals surface area contributed by atoms with Crippen LogP contribution in [-0.2, 0) is 25.5 Å². The first-order valence-electron chi connectivity index (χ1n) is 10.8. The average molecular weight is 467 g/mol. The van der Waals surface area contributed by atoms with E-state index in [0.29, 0.717) is 25.2 Å². The van der Waals surface area contributed by atoms with Crippen molar-refractivity contribution in [3.63, 3.8) is 0 Å². The number of alkyl halides is 2. The number of imide groups is 1. The Morgan fingerprint density at radius 1 is 1.21 bits per heavy atom. The van der Waals surface area contributed by atoms with E-state index in [2.05, 4.69) is 22.3 Å². The third kappa shape index (κ3) is 6.39. The smallest absolute Gasteiger partial charge is 0.387 e. The summed E-state index contributed by atoms with van der Waals surface area (Å²) in [6, 6.07) is 5.38. The molecule has 1 aliphatic heterocycles. The van der Waals surface area contributed by atoms with Crippen molar-refractivity contribution in [1.82, 2.24) is 15.5 Å². The molecule has 1 aliphatic carbocycles. The highest BCUT2D eigenvalue weighted by Gasteiger charge is 2.52. The first-order valence-corrected chi connectivity index (χ1v) is 10.8. The van der Waals surface area contributed by atoms with E-state index < -0.39 is 49.1 Å². The van der Waals surface area contributed by atoms with Crippen molar-refractivity contribution in [2.45, 2.75) is 51.2 Å². The minimum Gasteiger partial charge on any atom is -0.454 e. The molecule has 2 aliphatic rings. The molecular weight excluding hydrogens is 440 g/mol. The van der Waals surface area contributed by atoms with Crippen molar-refractivity contribution in [3.05, 3.63) is 29.8 Å². The summed E-state index contributed by atoms with van der Waals surface area (Å²) >= 11 is 0. The zero-order valence-corrected chi connectivity index (χ0v) is 18.3. The fourth-order valence-electron chi connectivity index (χ4n) is 3.97. The number of nitrogens with zero attached hydrogens (tertiary/aromatic N) is 1. The van der Waals surface area contributed by atoms with Crippen LogP contribution in [0.15, 0.2) is 24.3 Å². The molecule has 1 saturated carbocycles. The van der Waals surface area contributed by atoms with Gasteiger partial charge in [-0.2, -0.15) is 8.78 Å². The summed E-state index contributed by atoms with van der Waals surface area (Å²) in [5, 5.41) is 5.29. The SMILES string of the molecule is CC1CCC2(CC1)NC(=O)N(CC(=O)OCC(=O)NCCc1ccc(OC(F)F)cc1)C2=O. The van der Waals surface area contributed by atoms with Crippen LogP contribution in [0.25, 0.3) is 0 Å². The summed E-state index contributed by atoms with van der Waals surface area (Å²) in [6.45, 7) is -1.67. The third-order valence-corrected chi connectivity index (χ3v) is 5.91. The second-order valence-electron chi connectivity index (χ2n) is 8.37. The quantitative estimate of drug-likeness (QED) is 0.424. The van der Waals surface area contributed by atoms with Crippen LogP contribution in [-0.4, -0.2) is 60.6 Å². The van der Waals surface area contributed by atoms with Crippen LogP contribution < -0.4 is 15.4 Å². The van der Waals surface area contributed by atoms with E-state index in [-0.39, 0.29) is 12.3 Å². The van der Waals surface area contributed by atoms with Crippen LogP contribution in [0, 0.1) is 5.92 Å². The van der Waals surface area contributed by atoms with Crippen LogP contribution in [0.4, 0.5) is 13.6 Å². The van der Waals surface area contributed by atoms with Crippen molar-refractivity contribution in [2.24, 2.45) is 5.92 Å². The van der Waals surface area contributed by atoms with E-state index in [1.54, 1.807) is 12.1 Å². The summed E-state index contributed by atoms with van der Waals surface area (Å²) in [6.07, 6.45) is 3.14. The molecule has 0 radical (unpaired) electrons. The minimum atomic E-state index is -2.90. The molecule has 33 heavy (non-hydrogen) atoms. The molecule has 2 fully saturated rings. The Kier molecular flexibility index (Phi) is 7.83. The number of carbonyl (C=O) groups is 4. The number of carbonyl (C=O) groups excluding carboxylic acids is 4. The van der Waals surface area contributed by atoms with E-state index >= 15 is 0 Å². The van der Waals surface area contributed by atoms with Gasteiger partial charge in [-0.25, -0.2) is 4.79 Å². The molecule has 0 bridgehead atoms. The standard InChI is InChI=1S/C22H27F2N3O6/c1-14-6-9-22(10-7-14)19(30)27(21(31)26-22)12-18(29)32-13-17(28)25-11-8-15-2-4-16(5-3-15)33-20(23)24/h2-5,14,20H,6-13H2,1H3,(H,25,28)(H,26,31). The topological polar surface area (TPSA) is 114 Å². The van der Waals surface area contributed by atoms with Crippen LogP contribution in [0.3, 0.4) is 0 Å². The summed E-state index contributed by atoms with van der Waals surface area (Å²) in [7, 11) is 0. The average Bonchev–Trinajstić information content (AvgIpc) is 2.99. The van der Waals surface area contributed by atoms with E-state index in [4.69, 9.17) is 4.74 Å². The van der Waals surface area contributed by atoms with Gasteiger partial charge in [-0.1, -0.05) is 19.1 Å². The van der Waals surface area contributed by atoms with E-state index in [1.807, 2.05) is 0 Å². The molecule has 0 unspecified atom stereocenters. The molecule has 4 amide bonds. The van der Waals surface area contributed by atoms with Gasteiger partial charge in [-0.05, 0) is 55.7 Å². The molecule has 2 N–H and O–H groups in total. The lowest BCUT2D eigenvalue weighted by Gasteiger charge is -2.33. The number of amides is 4. The Morgan fingerprint density at radius 3 is 2.52 bits per heavy atom. The molecular formula is C22H27F2N3O6. The normalized spacial score (nSPS) is 22.4. The Bertz CT molecular complexity index is 885. The highest BCUT2D eigenvalue weighted by atomic mass is 19.3. The molecule has 1 heterocycles. The molecule has 11 heteroatoms. The van der Waals surface area contributed by atoms with Gasteiger partial charge >= 0.3 is 18.6 Å². The molecule has 1 aromatic carbocycles. The van der Waals surface area contributed by atoms with Crippen LogP contribution in [0.2, 0.25) is 0 Å². The lowest BCUT2D eigenvalue weighted by Crippen LogP contribution is -2.49. The van der Waals surface area contributed by atoms with Gasteiger partial charge in [0.05, 0.1) is 0 Å². The summed E-state index contributed by atoms with van der Waals surface area (Å²) in [5.41, 5.74) is -0.149. The van der Waals surface area contributed by atoms with Crippen molar-refractivity contribution < 1.29 is 37.4 Å². The number of esters is 1. The fourth-order valence-corrected chi connectivity index (χ4v) is 3.97. The minimum absolute atomic E-state index is 0.0406. The molecule has 0 aromatic heterocycles. The largest absolute Gasteiger partial charge is 0.454 e. The molecule has 180 valence electrons. The lowest BCUT2D eigenvalue weighted by atomic mass is 9.77. The van der Waals surface area contributed by atoms with Gasteiger partial charge in [-0.3, -0.25) is 19.3 Å². The number of hydrogen-bond donors (Lipinski definition) is 2. The first kappa shape index (κ1) is 24.4. The highest BCUT2D eigenvalue weighted by molar-refractivity contribution is 6.08. The van der Waals surface area contributed by atoms with Gasteiger partial charge in [0.15, 0.2) is 6.61 Å². The van der Waals surface area contributed by atoms with Crippen molar-refractivity contribution in [3.8, 4) is 5.75 Å². The van der Waals surface area contributed by atoms with Crippen LogP contribution in [0.1, 0.15) is 38.2 Å². The molecule has 0 atom stereocenters. The van der Waals surface area contributed by atoms with Crippen molar-refractivity contribution in [2.75, 3.05) is 19.7 Å². The third-order valence-electron chi connectivity index (χ3n) is 5.91. The second kappa shape index (κ2) is 10.6. The number of benzene rings is 1. The van der Waals surface area contributed by atoms with Gasteiger partial charge in [0.25, 0.3) is 11.8 Å². The van der Waals surface area contributed by atoms with Crippen LogP contribution >= 0.6 is 0 Å². The van der Waals surface area contributed by atoms with E-state index in [1.165, 1.54) is 12.1 Å². The predicted molar refractivity (Wildman–Crippen MR) is 111 cm³/mol. The molecule has 9 nitrogen and oxygen atoms in total. The maximum atomic E-state index is 12.7. The van der Waals surface area contributed by atoms with Crippen molar-refractivity contribution in [1.29, 1.82) is 0 Å². The molecule has 1 aromatic rings. The number of halogens is 2. The zero-order valence-electron chi connectivity index (χ0n) is 18.3. The molecule has 1 saturated heterocycles. The molecule has 1 spiro atoms. The number of hydrogen-bond acceptors (Lipinski definition) is 6. The van der Waals surface area contributed by atoms with Crippen molar-refractivity contribution >= 4 is 23.8 Å². The Balaban J connectivity index is 1.37. The number of rotatable bonds is 9. The summed E-state index contributed by atoms with van der Waals surface area (Å²) < 4.78 is 33.5. The highest BCUT2D eigenvalue weighted by Crippen LogP contribution is 2.36. The lowest BCUT2D eigenvalue weighted by molar-refractivity contribution is -0.151. The summed E-state index contributed by atoms with van der Waals surface area (Å²) in [4.78, 5) is 49.8. The Morgan fingerprint density at radius 2 is 1.88 bits per heavy atom. The van der Waals surface area contributed by atoms with Crippen LogP contribution in [0.5, 0.6) is 5.75 Å². The van der Waals surface area contributed by atoms with E-state index in [0.717, 1.165) is 23.3 Å². The maximum Gasteiger partial charge on any atom is 0.387 e. The van der Waals surface area contributed by atoms with Gasteiger partial charge in [0.2, 0.25) is 0 Å². The monoisotopic (exact) mass is 467 g/mol. The second-order valence-corrected chi connectivity index (χ2v) is 8.37. The predicted octanol–water partition coefficient (Wildman–Crippen LogP) is 1.99. The fraction of sp³-hybridized carbons (Fsp3) is 0.545. The van der Waals surface area contributed by atoms with Gasteiger partial charge < -0.3 is 20.1 Å². The number of ether oxygens (including phenoxy) is 2. The Hall–Kier alpha value is -3.24. The van der Waals surface area contributed by atoms with Gasteiger partial charge in [0.1, 0.15) is 17.8 Å². The molecule has 3 rings (SSSR count). The Labute approximate surface area is 189 Å². The maximum absolute atomic E-state index is 12.7. The summed E-state index contributed by atoms with van der Waals surface area (Å²) in [5.74, 6) is -1.30. The number of nitrogens with one attached hydrogen (secondary N) is 2. The van der Waals surface area contributed by atoms with E-state index in [9.17, 15) is 28.0 Å². The van der Waals surface area contributed by atoms with Gasteiger partial charge in [-0.15, -0.1) is 0 Å². The van der Waals surface area contributed by atoms with Gasteiger partial charge in [0, 0.05) is 6.54 Å². The first-order chi connectivity index (χ1) is 15.7. The number of urea groups is 1. The zero-order chi connectivity index (χ0) is 24.0.